The molecule has 0 bridgehead atoms. The third-order valence-corrected chi connectivity index (χ3v) is 17.2. The van der Waals surface area contributed by atoms with Gasteiger partial charge < -0.3 is 54.7 Å². The Morgan fingerprint density at radius 3 is 2.11 bits per heavy atom. The van der Waals surface area contributed by atoms with E-state index in [-0.39, 0.29) is 45.0 Å². The quantitative estimate of drug-likeness (QED) is 0.153. The Morgan fingerprint density at radius 2 is 1.44 bits per heavy atom. The standard InChI is InChI=1S/C42H68O12/c1-21-28(44)30(46)31(47)34(51-21)54-33-29(45)24(20-43)52-35(32(33)48)53-27-12-13-39(6)25(38(27,4)5)11-14-41(8)26(39)10-9-22-23-19-37(2,3)15-17-42(23,36(49)50)18-16-40(22,41)7/h9,21,23-35,43-48H,10-20H2,1-8H3,(H,49,50)/t21-,23-,24+,25-,26+,27-,28-,29+,30+,31+,32+,33-,34-,35-,39-,40+,41+,42-/m0/s1. The van der Waals surface area contributed by atoms with E-state index in [0.29, 0.717) is 12.3 Å². The first kappa shape index (κ1) is 41.0. The topological polar surface area (TPSA) is 196 Å². The molecule has 18 atom stereocenters. The summed E-state index contributed by atoms with van der Waals surface area (Å²) in [6.45, 7) is 17.4. The van der Waals surface area contributed by atoms with Crippen LogP contribution in [0.15, 0.2) is 11.6 Å². The number of ether oxygens (including phenoxy) is 4. The summed E-state index contributed by atoms with van der Waals surface area (Å²) in [5, 5.41) is 74.6. The molecule has 12 heteroatoms. The molecule has 2 heterocycles. The summed E-state index contributed by atoms with van der Waals surface area (Å²) in [7, 11) is 0. The molecule has 0 aromatic carbocycles. The highest BCUT2D eigenvalue weighted by Gasteiger charge is 2.69. The van der Waals surface area contributed by atoms with Crippen molar-refractivity contribution in [3.05, 3.63) is 11.6 Å². The first-order valence-corrected chi connectivity index (χ1v) is 20.6. The number of fused-ring (bicyclic) bond motifs is 7. The first-order valence-electron chi connectivity index (χ1n) is 20.6. The highest BCUT2D eigenvalue weighted by atomic mass is 16.7. The Morgan fingerprint density at radius 1 is 0.778 bits per heavy atom. The molecule has 54 heavy (non-hydrogen) atoms. The molecule has 7 aliphatic rings. The average Bonchev–Trinajstić information content (AvgIpc) is 3.09. The van der Waals surface area contributed by atoms with Crippen molar-refractivity contribution >= 4 is 5.97 Å². The first-order chi connectivity index (χ1) is 25.1. The van der Waals surface area contributed by atoms with Crippen molar-refractivity contribution in [3.8, 4) is 0 Å². The van der Waals surface area contributed by atoms with Crippen LogP contribution in [0.2, 0.25) is 0 Å². The highest BCUT2D eigenvalue weighted by molar-refractivity contribution is 5.76. The highest BCUT2D eigenvalue weighted by Crippen LogP contribution is 2.76. The van der Waals surface area contributed by atoms with E-state index in [0.717, 1.165) is 57.8 Å². The molecular weight excluding hydrogens is 696 g/mol. The van der Waals surface area contributed by atoms with E-state index in [4.69, 9.17) is 18.9 Å². The second-order valence-electron chi connectivity index (χ2n) is 20.7. The van der Waals surface area contributed by atoms with Crippen LogP contribution in [0.4, 0.5) is 0 Å². The van der Waals surface area contributed by atoms with Gasteiger partial charge in [-0.2, -0.15) is 0 Å². The maximum absolute atomic E-state index is 13.0. The van der Waals surface area contributed by atoms with Crippen molar-refractivity contribution < 1.29 is 59.5 Å². The molecule has 0 radical (unpaired) electrons. The van der Waals surface area contributed by atoms with Crippen molar-refractivity contribution in [2.75, 3.05) is 6.61 Å². The zero-order valence-corrected chi connectivity index (χ0v) is 33.6. The monoisotopic (exact) mass is 764 g/mol. The van der Waals surface area contributed by atoms with Gasteiger partial charge in [0.05, 0.1) is 24.2 Å². The molecule has 0 aromatic heterocycles. The Labute approximate surface area is 320 Å². The molecule has 308 valence electrons. The molecule has 0 unspecified atom stereocenters. The maximum Gasteiger partial charge on any atom is 0.310 e. The van der Waals surface area contributed by atoms with Gasteiger partial charge in [0.2, 0.25) is 0 Å². The fraction of sp³-hybridized carbons (Fsp3) is 0.929. The lowest BCUT2D eigenvalue weighted by molar-refractivity contribution is -0.367. The smallest absolute Gasteiger partial charge is 0.310 e. The van der Waals surface area contributed by atoms with Gasteiger partial charge in [0.25, 0.3) is 0 Å². The van der Waals surface area contributed by atoms with Gasteiger partial charge in [0.1, 0.15) is 42.7 Å². The van der Waals surface area contributed by atoms with E-state index in [1.54, 1.807) is 0 Å². The van der Waals surface area contributed by atoms with Gasteiger partial charge in [-0.05, 0) is 116 Å². The Kier molecular flexibility index (Phi) is 10.4. The number of aliphatic carboxylic acids is 1. The number of carboxylic acids is 1. The van der Waals surface area contributed by atoms with E-state index in [1.807, 2.05) is 0 Å². The molecule has 2 saturated heterocycles. The minimum Gasteiger partial charge on any atom is -0.481 e. The van der Waals surface area contributed by atoms with Crippen LogP contribution in [-0.2, 0) is 23.7 Å². The fourth-order valence-electron chi connectivity index (χ4n) is 13.6. The van der Waals surface area contributed by atoms with E-state index < -0.39 is 79.4 Å². The lowest BCUT2D eigenvalue weighted by Gasteiger charge is -2.71. The largest absolute Gasteiger partial charge is 0.481 e. The lowest BCUT2D eigenvalue weighted by Crippen LogP contribution is -2.66. The molecule has 7 N–H and O–H groups in total. The predicted octanol–water partition coefficient (Wildman–Crippen LogP) is 3.91. The zero-order valence-electron chi connectivity index (χ0n) is 33.6. The number of aliphatic hydroxyl groups excluding tert-OH is 6. The normalized spacial score (nSPS) is 53.9. The number of hydrogen-bond acceptors (Lipinski definition) is 11. The molecule has 0 amide bonds. The van der Waals surface area contributed by atoms with Crippen LogP contribution in [-0.4, -0.2) is 116 Å². The van der Waals surface area contributed by atoms with Gasteiger partial charge >= 0.3 is 5.97 Å². The van der Waals surface area contributed by atoms with Crippen molar-refractivity contribution in [2.24, 2.45) is 50.2 Å². The number of aliphatic hydroxyl groups is 6. The number of hydrogen-bond donors (Lipinski definition) is 7. The van der Waals surface area contributed by atoms with Gasteiger partial charge in [0, 0.05) is 0 Å². The molecular formula is C42H68O12. The molecule has 12 nitrogen and oxygen atoms in total. The van der Waals surface area contributed by atoms with E-state index in [2.05, 4.69) is 54.5 Å². The van der Waals surface area contributed by atoms with Crippen molar-refractivity contribution in [1.82, 2.24) is 0 Å². The summed E-state index contributed by atoms with van der Waals surface area (Å²) < 4.78 is 24.2. The summed E-state index contributed by atoms with van der Waals surface area (Å²) in [5.41, 5.74) is 0.395. The second-order valence-corrected chi connectivity index (χ2v) is 20.7. The summed E-state index contributed by atoms with van der Waals surface area (Å²) in [6, 6.07) is 0. The number of carboxylic acid groups (broad SMARTS) is 1. The van der Waals surface area contributed by atoms with Crippen LogP contribution in [0.5, 0.6) is 0 Å². The number of rotatable bonds is 6. The van der Waals surface area contributed by atoms with Gasteiger partial charge in [-0.15, -0.1) is 0 Å². The molecule has 7 rings (SSSR count). The Bertz CT molecular complexity index is 1470. The Hall–Kier alpha value is -1.19. The van der Waals surface area contributed by atoms with Crippen molar-refractivity contribution in [1.29, 1.82) is 0 Å². The molecule has 4 saturated carbocycles. The molecule has 0 aromatic rings. The van der Waals surface area contributed by atoms with Crippen LogP contribution in [0.25, 0.3) is 0 Å². The van der Waals surface area contributed by atoms with Crippen LogP contribution in [0, 0.1) is 50.2 Å². The predicted molar refractivity (Wildman–Crippen MR) is 197 cm³/mol. The van der Waals surface area contributed by atoms with Gasteiger partial charge in [-0.1, -0.05) is 60.1 Å². The lowest BCUT2D eigenvalue weighted by atomic mass is 9.33. The Balaban J connectivity index is 1.12. The van der Waals surface area contributed by atoms with Gasteiger partial charge in [-0.25, -0.2) is 0 Å². The summed E-state index contributed by atoms with van der Waals surface area (Å²) >= 11 is 0. The van der Waals surface area contributed by atoms with E-state index in [1.165, 1.54) is 12.5 Å². The van der Waals surface area contributed by atoms with Crippen LogP contribution >= 0.6 is 0 Å². The van der Waals surface area contributed by atoms with Gasteiger partial charge in [-0.3, -0.25) is 4.79 Å². The third-order valence-electron chi connectivity index (χ3n) is 17.2. The summed E-state index contributed by atoms with van der Waals surface area (Å²) in [4.78, 5) is 13.0. The van der Waals surface area contributed by atoms with E-state index in [9.17, 15) is 40.5 Å². The summed E-state index contributed by atoms with van der Waals surface area (Å²) in [6.07, 6.45) is -2.79. The van der Waals surface area contributed by atoms with Crippen LogP contribution in [0.1, 0.15) is 120 Å². The molecule has 5 aliphatic carbocycles. The third kappa shape index (κ3) is 5.93. The minimum absolute atomic E-state index is 0.00293. The fourth-order valence-corrected chi connectivity index (χ4v) is 13.6. The van der Waals surface area contributed by atoms with Crippen LogP contribution < -0.4 is 0 Å². The minimum atomic E-state index is -1.65. The SMILES string of the molecule is C[C@@H]1O[C@@H](O[C@@H]2[C@@H](O)[C@H](O[C@H]3CC[C@]4(C)[C@H]5CC=C6[C@@H]7CC(C)(C)CC[C@]7(C(=O)O)CC[C@@]6(C)[C@]5(C)CC[C@H]4C3(C)C)O[C@H](CO)[C@H]2O)[C@H](O)[C@H](O)[C@H]1O. The molecule has 2 aliphatic heterocycles. The van der Waals surface area contributed by atoms with Gasteiger partial charge in [0.15, 0.2) is 12.6 Å². The summed E-state index contributed by atoms with van der Waals surface area (Å²) in [5.74, 6) is 0.119. The number of allylic oxidation sites excluding steroid dienone is 2. The van der Waals surface area contributed by atoms with Crippen LogP contribution in [0.3, 0.4) is 0 Å². The zero-order chi connectivity index (χ0) is 39.6. The molecule has 0 spiro atoms. The maximum atomic E-state index is 13.0. The average molecular weight is 765 g/mol. The van der Waals surface area contributed by atoms with E-state index >= 15 is 0 Å². The number of carbonyl (C=O) groups is 1. The van der Waals surface area contributed by atoms with Crippen molar-refractivity contribution in [3.63, 3.8) is 0 Å². The second kappa shape index (κ2) is 13.7. The molecule has 6 fully saturated rings. The van der Waals surface area contributed by atoms with Crippen molar-refractivity contribution in [2.45, 2.75) is 187 Å².